The average molecular weight is 182 g/mol. The highest BCUT2D eigenvalue weighted by Crippen LogP contribution is 2.37. The Morgan fingerprint density at radius 3 is 2.69 bits per heavy atom. The normalized spacial score (nSPS) is 28.8. The van der Waals surface area contributed by atoms with Crippen LogP contribution in [0, 0.1) is 5.41 Å². The van der Waals surface area contributed by atoms with Gasteiger partial charge in [0.1, 0.15) is 0 Å². The zero-order chi connectivity index (χ0) is 9.90. The first-order valence-corrected chi connectivity index (χ1v) is 5.38. The summed E-state index contributed by atoms with van der Waals surface area (Å²) in [5, 5.41) is 0. The first-order chi connectivity index (χ1) is 6.06. The minimum Gasteiger partial charge on any atom is -0.387 e. The van der Waals surface area contributed by atoms with Crippen molar-refractivity contribution in [2.24, 2.45) is 16.1 Å². The van der Waals surface area contributed by atoms with Crippen molar-refractivity contribution in [3.63, 3.8) is 0 Å². The first kappa shape index (κ1) is 10.6. The molecule has 76 valence electrons. The highest BCUT2D eigenvalue weighted by atomic mass is 14.9. The monoisotopic (exact) mass is 182 g/mol. The molecule has 1 rings (SSSR count). The molecule has 1 unspecified atom stereocenters. The van der Waals surface area contributed by atoms with Crippen molar-refractivity contribution in [1.82, 2.24) is 0 Å². The third-order valence-corrected chi connectivity index (χ3v) is 3.13. The number of nitrogens with zero attached hydrogens (tertiary/aromatic N) is 1. The summed E-state index contributed by atoms with van der Waals surface area (Å²) < 4.78 is 0. The fourth-order valence-electron chi connectivity index (χ4n) is 2.01. The minimum atomic E-state index is 0.359. The number of hydrogen-bond donors (Lipinski definition) is 1. The van der Waals surface area contributed by atoms with Crippen molar-refractivity contribution in [3.8, 4) is 0 Å². The minimum absolute atomic E-state index is 0.359. The van der Waals surface area contributed by atoms with Crippen LogP contribution in [0.5, 0.6) is 0 Å². The molecule has 1 saturated carbocycles. The highest BCUT2D eigenvalue weighted by molar-refractivity contribution is 5.80. The maximum Gasteiger partial charge on any atom is 0.0937 e. The lowest BCUT2D eigenvalue weighted by Gasteiger charge is -2.36. The molecule has 0 spiro atoms. The molecule has 2 nitrogen and oxygen atoms in total. The Morgan fingerprint density at radius 2 is 2.15 bits per heavy atom. The van der Waals surface area contributed by atoms with Gasteiger partial charge in [0.2, 0.25) is 0 Å². The van der Waals surface area contributed by atoms with Gasteiger partial charge in [-0.3, -0.25) is 4.99 Å². The number of hydrogen-bond acceptors (Lipinski definition) is 1. The van der Waals surface area contributed by atoms with Crippen molar-refractivity contribution < 1.29 is 0 Å². The molecule has 2 N–H and O–H groups in total. The number of amidine groups is 1. The van der Waals surface area contributed by atoms with Crippen LogP contribution in [0.15, 0.2) is 4.99 Å². The molecular weight excluding hydrogens is 160 g/mol. The molecule has 0 aliphatic heterocycles. The molecule has 1 aliphatic carbocycles. The van der Waals surface area contributed by atoms with Gasteiger partial charge < -0.3 is 5.73 Å². The predicted molar refractivity (Wildman–Crippen MR) is 58.0 cm³/mol. The summed E-state index contributed by atoms with van der Waals surface area (Å²) in [6.45, 7) is 6.68. The van der Waals surface area contributed by atoms with Crippen molar-refractivity contribution in [2.45, 2.75) is 58.9 Å². The molecule has 2 heteroatoms. The maximum absolute atomic E-state index is 5.77. The molecule has 0 aromatic rings. The second kappa shape index (κ2) is 4.12. The molecule has 0 bridgehead atoms. The zero-order valence-electron chi connectivity index (χ0n) is 9.14. The molecule has 0 aromatic carbocycles. The molecule has 0 heterocycles. The molecule has 1 fully saturated rings. The number of aliphatic imine (C=N–C) groups is 1. The first-order valence-electron chi connectivity index (χ1n) is 5.38. The Labute approximate surface area is 81.6 Å². The molecule has 13 heavy (non-hydrogen) atoms. The predicted octanol–water partition coefficient (Wildman–Crippen LogP) is 2.72. The summed E-state index contributed by atoms with van der Waals surface area (Å²) in [6, 6.07) is 0.459. The molecule has 1 atom stereocenters. The Balaban J connectivity index is 2.66. The van der Waals surface area contributed by atoms with Gasteiger partial charge in [0, 0.05) is 6.42 Å². The van der Waals surface area contributed by atoms with Gasteiger partial charge in [-0.1, -0.05) is 33.6 Å². The van der Waals surface area contributed by atoms with Crippen LogP contribution in [0.2, 0.25) is 0 Å². The largest absolute Gasteiger partial charge is 0.387 e. The number of rotatable bonds is 2. The Kier molecular flexibility index (Phi) is 3.34. The molecular formula is C11H22N2. The van der Waals surface area contributed by atoms with Crippen LogP contribution in [0.3, 0.4) is 0 Å². The van der Waals surface area contributed by atoms with Gasteiger partial charge >= 0.3 is 0 Å². The third-order valence-electron chi connectivity index (χ3n) is 3.13. The summed E-state index contributed by atoms with van der Waals surface area (Å²) in [4.78, 5) is 4.60. The maximum atomic E-state index is 5.77. The van der Waals surface area contributed by atoms with Crippen LogP contribution in [0.25, 0.3) is 0 Å². The van der Waals surface area contributed by atoms with Crippen LogP contribution in [0.1, 0.15) is 52.9 Å². The summed E-state index contributed by atoms with van der Waals surface area (Å²) in [6.07, 6.45) is 6.05. The van der Waals surface area contributed by atoms with Crippen molar-refractivity contribution >= 4 is 5.84 Å². The van der Waals surface area contributed by atoms with E-state index in [1.807, 2.05) is 0 Å². The van der Waals surface area contributed by atoms with Gasteiger partial charge in [0.05, 0.1) is 11.9 Å². The third kappa shape index (κ3) is 2.71. The van der Waals surface area contributed by atoms with Crippen LogP contribution >= 0.6 is 0 Å². The Hall–Kier alpha value is -0.530. The Morgan fingerprint density at radius 1 is 1.46 bits per heavy atom. The van der Waals surface area contributed by atoms with Crippen molar-refractivity contribution in [2.75, 3.05) is 0 Å². The van der Waals surface area contributed by atoms with Gasteiger partial charge in [-0.25, -0.2) is 0 Å². The standard InChI is InChI=1S/C11H22N2/c1-4-10(12)13-9-7-5-6-8-11(9,2)3/h9H,4-8H2,1-3H3,(H2,12,13). The van der Waals surface area contributed by atoms with E-state index < -0.39 is 0 Å². The van der Waals surface area contributed by atoms with Crippen molar-refractivity contribution in [1.29, 1.82) is 0 Å². The average Bonchev–Trinajstić information content (AvgIpc) is 2.08. The van der Waals surface area contributed by atoms with Crippen LogP contribution < -0.4 is 5.73 Å². The lowest BCUT2D eigenvalue weighted by Crippen LogP contribution is -2.33. The van der Waals surface area contributed by atoms with E-state index in [-0.39, 0.29) is 0 Å². The smallest absolute Gasteiger partial charge is 0.0937 e. The molecule has 0 radical (unpaired) electrons. The molecule has 0 aromatic heterocycles. The second-order valence-corrected chi connectivity index (χ2v) is 4.72. The summed E-state index contributed by atoms with van der Waals surface area (Å²) in [5.74, 6) is 0.819. The molecule has 0 amide bonds. The second-order valence-electron chi connectivity index (χ2n) is 4.72. The van der Waals surface area contributed by atoms with E-state index in [1.165, 1.54) is 25.7 Å². The van der Waals surface area contributed by atoms with E-state index in [2.05, 4.69) is 25.8 Å². The van der Waals surface area contributed by atoms with E-state index in [9.17, 15) is 0 Å². The van der Waals surface area contributed by atoms with E-state index in [4.69, 9.17) is 5.73 Å². The quantitative estimate of drug-likeness (QED) is 0.517. The summed E-state index contributed by atoms with van der Waals surface area (Å²) >= 11 is 0. The van der Waals surface area contributed by atoms with E-state index in [0.29, 0.717) is 11.5 Å². The van der Waals surface area contributed by atoms with Crippen LogP contribution in [-0.4, -0.2) is 11.9 Å². The SMILES string of the molecule is CCC(N)=NC1CCCCC1(C)C. The van der Waals surface area contributed by atoms with Gasteiger partial charge in [-0.05, 0) is 18.3 Å². The van der Waals surface area contributed by atoms with Crippen LogP contribution in [0.4, 0.5) is 0 Å². The highest BCUT2D eigenvalue weighted by Gasteiger charge is 2.31. The Bertz CT molecular complexity index is 194. The lowest BCUT2D eigenvalue weighted by molar-refractivity contribution is 0.203. The summed E-state index contributed by atoms with van der Waals surface area (Å²) in [7, 11) is 0. The van der Waals surface area contributed by atoms with Gasteiger partial charge in [0.15, 0.2) is 0 Å². The fraction of sp³-hybridized carbons (Fsp3) is 0.909. The molecule has 0 saturated heterocycles. The van der Waals surface area contributed by atoms with E-state index >= 15 is 0 Å². The van der Waals surface area contributed by atoms with E-state index in [0.717, 1.165) is 12.3 Å². The van der Waals surface area contributed by atoms with Crippen molar-refractivity contribution in [3.05, 3.63) is 0 Å². The van der Waals surface area contributed by atoms with Gasteiger partial charge in [-0.2, -0.15) is 0 Å². The topological polar surface area (TPSA) is 38.4 Å². The fourth-order valence-corrected chi connectivity index (χ4v) is 2.01. The lowest BCUT2D eigenvalue weighted by atomic mass is 9.73. The summed E-state index contributed by atoms with van der Waals surface area (Å²) in [5.41, 5.74) is 6.13. The van der Waals surface area contributed by atoms with Gasteiger partial charge in [-0.15, -0.1) is 0 Å². The molecule has 1 aliphatic rings. The number of nitrogens with two attached hydrogens (primary N) is 1. The van der Waals surface area contributed by atoms with Crippen LogP contribution in [-0.2, 0) is 0 Å². The van der Waals surface area contributed by atoms with E-state index in [1.54, 1.807) is 0 Å². The van der Waals surface area contributed by atoms with Gasteiger partial charge in [0.25, 0.3) is 0 Å². The zero-order valence-corrected chi connectivity index (χ0v) is 9.14.